The monoisotopic (exact) mass is 344 g/mol. The molecule has 0 radical (unpaired) electrons. The zero-order valence-corrected chi connectivity index (χ0v) is 15.7. The van der Waals surface area contributed by atoms with Crippen molar-refractivity contribution < 1.29 is 4.79 Å². The maximum atomic E-state index is 13.0. The average Bonchev–Trinajstić information content (AvgIpc) is 2.63. The summed E-state index contributed by atoms with van der Waals surface area (Å²) in [6, 6.07) is 8.35. The van der Waals surface area contributed by atoms with Crippen molar-refractivity contribution in [3.8, 4) is 0 Å². The van der Waals surface area contributed by atoms with Gasteiger partial charge in [0.2, 0.25) is 0 Å². The third-order valence-corrected chi connectivity index (χ3v) is 5.69. The molecule has 0 bridgehead atoms. The van der Waals surface area contributed by atoms with Crippen LogP contribution in [0.4, 0.5) is 0 Å². The van der Waals surface area contributed by atoms with Crippen LogP contribution in [0.3, 0.4) is 0 Å². The lowest BCUT2D eigenvalue weighted by Gasteiger charge is -2.38. The van der Waals surface area contributed by atoms with Gasteiger partial charge >= 0.3 is 0 Å². The van der Waals surface area contributed by atoms with Gasteiger partial charge in [0.25, 0.3) is 5.91 Å². The summed E-state index contributed by atoms with van der Waals surface area (Å²) in [6.07, 6.45) is 2.09. The van der Waals surface area contributed by atoms with Gasteiger partial charge in [-0.25, -0.2) is 0 Å². The number of carbonyl (C=O) groups is 1. The van der Waals surface area contributed by atoms with E-state index < -0.39 is 0 Å². The molecule has 1 amide bonds. The second kappa shape index (κ2) is 8.30. The summed E-state index contributed by atoms with van der Waals surface area (Å²) in [5.74, 6) is 0.795. The highest BCUT2D eigenvalue weighted by molar-refractivity contribution is 5.94. The van der Waals surface area contributed by atoms with Gasteiger partial charge in [-0.3, -0.25) is 9.69 Å². The number of rotatable bonds is 4. The van der Waals surface area contributed by atoms with E-state index in [-0.39, 0.29) is 11.9 Å². The van der Waals surface area contributed by atoms with Crippen LogP contribution in [0.2, 0.25) is 0 Å². The third-order valence-electron chi connectivity index (χ3n) is 5.69. The molecule has 3 rings (SSSR count). The number of piperazine rings is 1. The number of amides is 1. The highest BCUT2D eigenvalue weighted by atomic mass is 16.2. The molecule has 0 aliphatic carbocycles. The molecule has 2 unspecified atom stereocenters. The van der Waals surface area contributed by atoms with Crippen LogP contribution in [0.15, 0.2) is 24.3 Å². The predicted octanol–water partition coefficient (Wildman–Crippen LogP) is 1.63. The summed E-state index contributed by atoms with van der Waals surface area (Å²) >= 11 is 0. The molecule has 1 aromatic rings. The fourth-order valence-corrected chi connectivity index (χ4v) is 3.98. The van der Waals surface area contributed by atoms with Crippen LogP contribution in [0.1, 0.15) is 35.7 Å². The molecule has 1 aromatic carbocycles. The zero-order chi connectivity index (χ0) is 17.8. The highest BCUT2D eigenvalue weighted by Gasteiger charge is 2.29. The van der Waals surface area contributed by atoms with Crippen molar-refractivity contribution in [2.24, 2.45) is 11.7 Å². The number of carbonyl (C=O) groups excluding carboxylic acids is 1. The third kappa shape index (κ3) is 4.60. The van der Waals surface area contributed by atoms with E-state index in [9.17, 15) is 4.79 Å². The van der Waals surface area contributed by atoms with Gasteiger partial charge in [0, 0.05) is 57.4 Å². The molecule has 2 saturated heterocycles. The Morgan fingerprint density at radius 3 is 2.68 bits per heavy atom. The summed E-state index contributed by atoms with van der Waals surface area (Å²) in [6.45, 7) is 8.96. The standard InChI is InChI=1S/C20H32N4O/c1-16-6-7-24(19(12-16)14-21)20(25)18-5-3-4-17(13-18)15-23-10-8-22(2)9-11-23/h3-5,13,16,19H,6-12,14-15,21H2,1-2H3. The quantitative estimate of drug-likeness (QED) is 0.902. The van der Waals surface area contributed by atoms with Crippen molar-refractivity contribution in [1.82, 2.24) is 14.7 Å². The molecule has 0 saturated carbocycles. The molecule has 2 aliphatic heterocycles. The SMILES string of the molecule is CC1CCN(C(=O)c2cccc(CN3CCN(C)CC3)c2)C(CN)C1. The van der Waals surface area contributed by atoms with Crippen LogP contribution in [-0.4, -0.2) is 73.0 Å². The Hall–Kier alpha value is -1.43. The number of nitrogens with two attached hydrogens (primary N) is 1. The molecular weight excluding hydrogens is 312 g/mol. The van der Waals surface area contributed by atoms with E-state index in [4.69, 9.17) is 5.73 Å². The second-order valence-corrected chi connectivity index (χ2v) is 7.80. The summed E-state index contributed by atoms with van der Waals surface area (Å²) in [4.78, 5) is 19.8. The number of likely N-dealkylation sites (tertiary alicyclic amines) is 1. The van der Waals surface area contributed by atoms with E-state index in [1.807, 2.05) is 17.0 Å². The van der Waals surface area contributed by atoms with Crippen LogP contribution in [-0.2, 0) is 6.54 Å². The number of likely N-dealkylation sites (N-methyl/N-ethyl adjacent to an activating group) is 1. The van der Waals surface area contributed by atoms with Crippen molar-refractivity contribution in [3.05, 3.63) is 35.4 Å². The Kier molecular flexibility index (Phi) is 6.10. The minimum absolute atomic E-state index is 0.141. The maximum absolute atomic E-state index is 13.0. The van der Waals surface area contributed by atoms with E-state index >= 15 is 0 Å². The lowest BCUT2D eigenvalue weighted by atomic mass is 9.91. The van der Waals surface area contributed by atoms with Crippen LogP contribution in [0, 0.1) is 5.92 Å². The van der Waals surface area contributed by atoms with Gasteiger partial charge in [-0.05, 0) is 43.5 Å². The van der Waals surface area contributed by atoms with E-state index in [2.05, 4.69) is 35.9 Å². The van der Waals surface area contributed by atoms with Crippen molar-refractivity contribution in [3.63, 3.8) is 0 Å². The molecule has 0 spiro atoms. The zero-order valence-electron chi connectivity index (χ0n) is 15.7. The van der Waals surface area contributed by atoms with Gasteiger partial charge in [0.05, 0.1) is 0 Å². The Balaban J connectivity index is 1.67. The van der Waals surface area contributed by atoms with Gasteiger partial charge in [-0.2, -0.15) is 0 Å². The Morgan fingerprint density at radius 2 is 1.96 bits per heavy atom. The van der Waals surface area contributed by atoms with Gasteiger partial charge in [-0.15, -0.1) is 0 Å². The molecule has 2 aliphatic rings. The molecule has 2 atom stereocenters. The topological polar surface area (TPSA) is 52.8 Å². The fourth-order valence-electron chi connectivity index (χ4n) is 3.98. The number of nitrogens with zero attached hydrogens (tertiary/aromatic N) is 3. The Morgan fingerprint density at radius 1 is 1.20 bits per heavy atom. The van der Waals surface area contributed by atoms with Crippen LogP contribution < -0.4 is 5.73 Å². The Labute approximate surface area is 151 Å². The van der Waals surface area contributed by atoms with Crippen molar-refractivity contribution >= 4 is 5.91 Å². The molecule has 138 valence electrons. The first-order valence-corrected chi connectivity index (χ1v) is 9.57. The van der Waals surface area contributed by atoms with Gasteiger partial charge in [0.15, 0.2) is 0 Å². The smallest absolute Gasteiger partial charge is 0.254 e. The first kappa shape index (κ1) is 18.4. The highest BCUT2D eigenvalue weighted by Crippen LogP contribution is 2.24. The van der Waals surface area contributed by atoms with E-state index in [0.29, 0.717) is 12.5 Å². The molecule has 2 N–H and O–H groups in total. The second-order valence-electron chi connectivity index (χ2n) is 7.80. The normalized spacial score (nSPS) is 26.0. The number of benzene rings is 1. The first-order chi connectivity index (χ1) is 12.1. The van der Waals surface area contributed by atoms with Crippen molar-refractivity contribution in [2.75, 3.05) is 46.3 Å². The van der Waals surface area contributed by atoms with Crippen LogP contribution in [0.25, 0.3) is 0 Å². The van der Waals surface area contributed by atoms with Crippen molar-refractivity contribution in [1.29, 1.82) is 0 Å². The molecular formula is C20H32N4O. The molecule has 5 nitrogen and oxygen atoms in total. The average molecular weight is 345 g/mol. The summed E-state index contributed by atoms with van der Waals surface area (Å²) in [7, 11) is 2.17. The summed E-state index contributed by atoms with van der Waals surface area (Å²) in [5.41, 5.74) is 7.96. The Bertz CT molecular complexity index is 583. The predicted molar refractivity (Wildman–Crippen MR) is 101 cm³/mol. The summed E-state index contributed by atoms with van der Waals surface area (Å²) in [5, 5.41) is 0. The fraction of sp³-hybridized carbons (Fsp3) is 0.650. The number of hydrogen-bond acceptors (Lipinski definition) is 4. The van der Waals surface area contributed by atoms with Crippen LogP contribution >= 0.6 is 0 Å². The summed E-state index contributed by atoms with van der Waals surface area (Å²) < 4.78 is 0. The molecule has 2 heterocycles. The van der Waals surface area contributed by atoms with Gasteiger partial charge in [0.1, 0.15) is 0 Å². The molecule has 2 fully saturated rings. The number of piperidine rings is 1. The molecule has 25 heavy (non-hydrogen) atoms. The number of hydrogen-bond donors (Lipinski definition) is 1. The van der Waals surface area contributed by atoms with Gasteiger partial charge < -0.3 is 15.5 Å². The maximum Gasteiger partial charge on any atom is 0.254 e. The minimum Gasteiger partial charge on any atom is -0.334 e. The van der Waals surface area contributed by atoms with Crippen molar-refractivity contribution in [2.45, 2.75) is 32.4 Å². The first-order valence-electron chi connectivity index (χ1n) is 9.57. The van der Waals surface area contributed by atoms with Gasteiger partial charge in [-0.1, -0.05) is 19.1 Å². The van der Waals surface area contributed by atoms with E-state index in [1.54, 1.807) is 0 Å². The lowest BCUT2D eigenvalue weighted by Crippen LogP contribution is -2.49. The molecule has 0 aromatic heterocycles. The lowest BCUT2D eigenvalue weighted by molar-refractivity contribution is 0.0573. The largest absolute Gasteiger partial charge is 0.334 e. The molecule has 5 heteroatoms. The van der Waals surface area contributed by atoms with E-state index in [1.165, 1.54) is 5.56 Å². The minimum atomic E-state index is 0.141. The van der Waals surface area contributed by atoms with E-state index in [0.717, 1.165) is 57.7 Å². The van der Waals surface area contributed by atoms with Crippen LogP contribution in [0.5, 0.6) is 0 Å².